The number of rotatable bonds is 12. The molecule has 1 aliphatic rings. The van der Waals surface area contributed by atoms with Gasteiger partial charge in [0.1, 0.15) is 0 Å². The smallest absolute Gasteiger partial charge is 0.290 e. The van der Waals surface area contributed by atoms with Crippen LogP contribution in [0.3, 0.4) is 0 Å². The molecule has 35 heavy (non-hydrogen) atoms. The lowest BCUT2D eigenvalue weighted by atomic mass is 9.95. The molecule has 1 N–H and O–H groups in total. The molecule has 3 rings (SSSR count). The van der Waals surface area contributed by atoms with Crippen LogP contribution in [0.2, 0.25) is 0 Å². The average Bonchev–Trinajstić information content (AvgIpc) is 3.11. The molecule has 0 radical (unpaired) electrons. The van der Waals surface area contributed by atoms with Crippen molar-refractivity contribution in [2.75, 3.05) is 34.0 Å². The molecule has 0 aliphatic carbocycles. The maximum absolute atomic E-state index is 13.2. The first-order valence-electron chi connectivity index (χ1n) is 11.7. The molecule has 2 aromatic carbocycles. The number of carbonyl (C=O) groups is 2. The van der Waals surface area contributed by atoms with Gasteiger partial charge >= 0.3 is 0 Å². The van der Waals surface area contributed by atoms with Crippen molar-refractivity contribution >= 4 is 17.8 Å². The van der Waals surface area contributed by atoms with E-state index in [2.05, 4.69) is 13.8 Å². The molecule has 1 aliphatic heterocycles. The van der Waals surface area contributed by atoms with E-state index in [0.717, 1.165) is 12.0 Å². The summed E-state index contributed by atoms with van der Waals surface area (Å²) in [5.41, 5.74) is 1.49. The predicted molar refractivity (Wildman–Crippen MR) is 134 cm³/mol. The Morgan fingerprint density at radius 3 is 2.49 bits per heavy atom. The minimum absolute atomic E-state index is 0.0220. The van der Waals surface area contributed by atoms with Crippen LogP contribution >= 0.6 is 0 Å². The van der Waals surface area contributed by atoms with E-state index in [1.165, 1.54) is 18.1 Å². The average molecular weight is 480 g/mol. The molecule has 0 fully saturated rings. The highest BCUT2D eigenvalue weighted by atomic mass is 16.5. The standard InChI is InChI=1S/C28H33NO6/c1-19(2)14-16-35-23-13-11-21(18-24(23)34-4)26-25(27(31)28(32)29(26)15-17-33-3)22(30)12-10-20-8-6-5-7-9-20/h5-13,18-19,26,31H,14-17H2,1-4H3/b12-10+. The first kappa shape index (κ1) is 26.0. The van der Waals surface area contributed by atoms with Gasteiger partial charge < -0.3 is 24.2 Å². The third-order valence-electron chi connectivity index (χ3n) is 5.79. The van der Waals surface area contributed by atoms with Gasteiger partial charge in [0.15, 0.2) is 23.0 Å². The van der Waals surface area contributed by atoms with E-state index >= 15 is 0 Å². The molecule has 1 amide bonds. The topological polar surface area (TPSA) is 85.3 Å². The number of ether oxygens (including phenoxy) is 3. The molecular weight excluding hydrogens is 446 g/mol. The van der Waals surface area contributed by atoms with E-state index in [-0.39, 0.29) is 18.7 Å². The minimum Gasteiger partial charge on any atom is -0.503 e. The van der Waals surface area contributed by atoms with Crippen molar-refractivity contribution < 1.29 is 28.9 Å². The predicted octanol–water partition coefficient (Wildman–Crippen LogP) is 4.74. The Morgan fingerprint density at radius 1 is 1.09 bits per heavy atom. The molecule has 186 valence electrons. The zero-order valence-corrected chi connectivity index (χ0v) is 20.7. The van der Waals surface area contributed by atoms with Gasteiger partial charge in [0.05, 0.1) is 31.9 Å². The Kier molecular flexibility index (Phi) is 9.09. The number of aliphatic hydroxyl groups excluding tert-OH is 1. The van der Waals surface area contributed by atoms with Gasteiger partial charge in [0.25, 0.3) is 5.91 Å². The van der Waals surface area contributed by atoms with Crippen LogP contribution in [-0.2, 0) is 14.3 Å². The molecule has 0 bridgehead atoms. The van der Waals surface area contributed by atoms with E-state index in [4.69, 9.17) is 14.2 Å². The van der Waals surface area contributed by atoms with Crippen LogP contribution in [0.1, 0.15) is 37.4 Å². The Morgan fingerprint density at radius 2 is 1.83 bits per heavy atom. The number of hydrogen-bond donors (Lipinski definition) is 1. The van der Waals surface area contributed by atoms with Gasteiger partial charge in [-0.1, -0.05) is 56.3 Å². The first-order valence-corrected chi connectivity index (χ1v) is 11.7. The SMILES string of the molecule is COCCN1C(=O)C(O)=C(C(=O)/C=C/c2ccccc2)C1c1ccc(OCCC(C)C)c(OC)c1. The summed E-state index contributed by atoms with van der Waals surface area (Å²) in [5, 5.41) is 10.7. The van der Waals surface area contributed by atoms with Crippen LogP contribution < -0.4 is 9.47 Å². The number of benzene rings is 2. The number of hydrogen-bond acceptors (Lipinski definition) is 6. The summed E-state index contributed by atoms with van der Waals surface area (Å²) >= 11 is 0. The molecule has 1 unspecified atom stereocenters. The fraction of sp³-hybridized carbons (Fsp3) is 0.357. The summed E-state index contributed by atoms with van der Waals surface area (Å²) in [6.45, 7) is 5.25. The fourth-order valence-corrected chi connectivity index (χ4v) is 3.88. The molecule has 2 aromatic rings. The Labute approximate surface area is 206 Å². The first-order chi connectivity index (χ1) is 16.9. The maximum Gasteiger partial charge on any atom is 0.290 e. The molecule has 1 atom stereocenters. The summed E-state index contributed by atoms with van der Waals surface area (Å²) in [5.74, 6) is -0.0338. The van der Waals surface area contributed by atoms with Crippen molar-refractivity contribution in [1.82, 2.24) is 4.90 Å². The van der Waals surface area contributed by atoms with E-state index < -0.39 is 23.5 Å². The maximum atomic E-state index is 13.2. The molecule has 0 saturated heterocycles. The lowest BCUT2D eigenvalue weighted by Crippen LogP contribution is -2.33. The summed E-state index contributed by atoms with van der Waals surface area (Å²) < 4.78 is 16.6. The Balaban J connectivity index is 1.96. The molecule has 7 heteroatoms. The van der Waals surface area contributed by atoms with Gasteiger partial charge in [-0.25, -0.2) is 0 Å². The number of amides is 1. The molecule has 7 nitrogen and oxygen atoms in total. The van der Waals surface area contributed by atoms with Crippen LogP contribution in [0.5, 0.6) is 11.5 Å². The van der Waals surface area contributed by atoms with Crippen molar-refractivity contribution in [1.29, 1.82) is 0 Å². The van der Waals surface area contributed by atoms with Gasteiger partial charge in [0, 0.05) is 13.7 Å². The minimum atomic E-state index is -0.788. The quantitative estimate of drug-likeness (QED) is 0.443. The summed E-state index contributed by atoms with van der Waals surface area (Å²) in [7, 11) is 3.07. The van der Waals surface area contributed by atoms with Crippen LogP contribution in [0.15, 0.2) is 65.9 Å². The Bertz CT molecular complexity index is 1090. The lowest BCUT2D eigenvalue weighted by molar-refractivity contribution is -0.130. The van der Waals surface area contributed by atoms with Gasteiger partial charge in [0.2, 0.25) is 0 Å². The normalized spacial score (nSPS) is 16.0. The van der Waals surface area contributed by atoms with Crippen LogP contribution in [0.25, 0.3) is 6.08 Å². The van der Waals surface area contributed by atoms with Crippen molar-refractivity contribution in [2.45, 2.75) is 26.3 Å². The van der Waals surface area contributed by atoms with E-state index in [0.29, 0.717) is 29.6 Å². The number of aliphatic hydroxyl groups is 1. The second-order valence-electron chi connectivity index (χ2n) is 8.71. The van der Waals surface area contributed by atoms with Crippen LogP contribution in [0.4, 0.5) is 0 Å². The number of carbonyl (C=O) groups excluding carboxylic acids is 2. The zero-order chi connectivity index (χ0) is 25.4. The lowest BCUT2D eigenvalue weighted by Gasteiger charge is -2.27. The van der Waals surface area contributed by atoms with Crippen molar-refractivity contribution in [2.24, 2.45) is 5.92 Å². The zero-order valence-electron chi connectivity index (χ0n) is 20.7. The van der Waals surface area contributed by atoms with E-state index in [1.807, 2.05) is 30.3 Å². The number of allylic oxidation sites excluding steroid dienone is 1. The summed E-state index contributed by atoms with van der Waals surface area (Å²) in [6, 6.07) is 13.9. The monoisotopic (exact) mass is 479 g/mol. The molecular formula is C28H33NO6. The molecule has 1 heterocycles. The van der Waals surface area contributed by atoms with Crippen molar-refractivity contribution in [3.05, 3.63) is 77.1 Å². The van der Waals surface area contributed by atoms with Gasteiger partial charge in [-0.05, 0) is 41.7 Å². The highest BCUT2D eigenvalue weighted by Gasteiger charge is 2.43. The van der Waals surface area contributed by atoms with Gasteiger partial charge in [-0.3, -0.25) is 9.59 Å². The second-order valence-corrected chi connectivity index (χ2v) is 8.71. The van der Waals surface area contributed by atoms with Crippen LogP contribution in [-0.4, -0.2) is 55.7 Å². The van der Waals surface area contributed by atoms with Gasteiger partial charge in [-0.2, -0.15) is 0 Å². The molecule has 0 aromatic heterocycles. The van der Waals surface area contributed by atoms with Crippen LogP contribution in [0, 0.1) is 5.92 Å². The molecule has 0 saturated carbocycles. The highest BCUT2D eigenvalue weighted by Crippen LogP contribution is 2.41. The summed E-state index contributed by atoms with van der Waals surface area (Å²) in [4.78, 5) is 27.6. The van der Waals surface area contributed by atoms with E-state index in [9.17, 15) is 14.7 Å². The van der Waals surface area contributed by atoms with Crippen molar-refractivity contribution in [3.63, 3.8) is 0 Å². The van der Waals surface area contributed by atoms with Crippen molar-refractivity contribution in [3.8, 4) is 11.5 Å². The van der Waals surface area contributed by atoms with Gasteiger partial charge in [-0.15, -0.1) is 0 Å². The molecule has 0 spiro atoms. The third kappa shape index (κ3) is 6.31. The number of methoxy groups -OCH3 is 2. The number of ketones is 1. The van der Waals surface area contributed by atoms with E-state index in [1.54, 1.807) is 31.4 Å². The Hall–Kier alpha value is -3.58. The highest BCUT2D eigenvalue weighted by molar-refractivity contribution is 6.14. The largest absolute Gasteiger partial charge is 0.503 e. The third-order valence-corrected chi connectivity index (χ3v) is 5.79. The number of nitrogens with zero attached hydrogens (tertiary/aromatic N) is 1. The fourth-order valence-electron chi connectivity index (χ4n) is 3.88. The summed E-state index contributed by atoms with van der Waals surface area (Å²) in [6.07, 6.45) is 3.94. The second kappa shape index (κ2) is 12.2.